The lowest BCUT2D eigenvalue weighted by Gasteiger charge is -2.21. The van der Waals surface area contributed by atoms with E-state index in [-0.39, 0.29) is 29.7 Å². The van der Waals surface area contributed by atoms with E-state index in [2.05, 4.69) is 101 Å². The Labute approximate surface area is 233 Å². The minimum absolute atomic E-state index is 0. The van der Waals surface area contributed by atoms with Gasteiger partial charge in [-0.15, -0.1) is 0 Å². The summed E-state index contributed by atoms with van der Waals surface area (Å²) in [5.41, 5.74) is 11.6. The number of hydrogen-bond acceptors (Lipinski definition) is 2. The van der Waals surface area contributed by atoms with Crippen molar-refractivity contribution in [3.05, 3.63) is 88.8 Å². The number of nitrogens with one attached hydrogen (secondary N) is 1. The third-order valence-corrected chi connectivity index (χ3v) is 7.28. The lowest BCUT2D eigenvalue weighted by molar-refractivity contribution is 0.779. The Balaban J connectivity index is -0.000000495. The molecule has 4 rings (SSSR count). The number of anilines is 1. The van der Waals surface area contributed by atoms with Gasteiger partial charge in [-0.2, -0.15) is 0 Å². The first-order chi connectivity index (χ1) is 15.3. The maximum Gasteiger partial charge on any atom is 0.0408 e. The number of benzene rings is 2. The highest BCUT2D eigenvalue weighted by Crippen LogP contribution is 2.49. The fourth-order valence-electron chi connectivity index (χ4n) is 4.16. The summed E-state index contributed by atoms with van der Waals surface area (Å²) >= 11 is 0. The molecule has 0 heterocycles. The van der Waals surface area contributed by atoms with E-state index >= 15 is 0 Å². The van der Waals surface area contributed by atoms with Gasteiger partial charge in [0.1, 0.15) is 0 Å². The maximum absolute atomic E-state index is 3.97. The summed E-state index contributed by atoms with van der Waals surface area (Å²) in [6.07, 6.45) is 5.42. The van der Waals surface area contributed by atoms with E-state index in [0.29, 0.717) is 10.8 Å². The van der Waals surface area contributed by atoms with Crippen LogP contribution in [0.3, 0.4) is 0 Å². The maximum atomic E-state index is 3.97. The average Bonchev–Trinajstić information content (AvgIpc) is 3.67. The quantitative estimate of drug-likeness (QED) is 0.430. The molecule has 37 heavy (non-hydrogen) atoms. The van der Waals surface area contributed by atoms with Crippen molar-refractivity contribution in [1.82, 2.24) is 5.32 Å². The predicted octanol–water partition coefficient (Wildman–Crippen LogP) is 10.7. The summed E-state index contributed by atoms with van der Waals surface area (Å²) in [5, 5.41) is 2.83. The van der Waals surface area contributed by atoms with Crippen molar-refractivity contribution in [3.63, 3.8) is 0 Å². The van der Waals surface area contributed by atoms with Crippen molar-refractivity contribution in [2.24, 2.45) is 0 Å². The molecule has 2 fully saturated rings. The zero-order valence-corrected chi connectivity index (χ0v) is 22.7. The fourth-order valence-corrected chi connectivity index (χ4v) is 4.16. The summed E-state index contributed by atoms with van der Waals surface area (Å²) < 4.78 is 0. The third kappa shape index (κ3) is 10.8. The lowest BCUT2D eigenvalue weighted by Crippen LogP contribution is -2.14. The first-order valence-corrected chi connectivity index (χ1v) is 12.2. The van der Waals surface area contributed by atoms with Gasteiger partial charge in [0.25, 0.3) is 0 Å². The van der Waals surface area contributed by atoms with Crippen LogP contribution in [0, 0.1) is 20.8 Å². The highest BCUT2D eigenvalue weighted by Gasteiger charge is 2.40. The van der Waals surface area contributed by atoms with Gasteiger partial charge in [0, 0.05) is 25.5 Å². The van der Waals surface area contributed by atoms with E-state index in [9.17, 15) is 0 Å². The minimum atomic E-state index is 0. The largest absolute Gasteiger partial charge is 0.392 e. The lowest BCUT2D eigenvalue weighted by atomic mass is 9.93. The Bertz CT molecular complexity index is 990. The van der Waals surface area contributed by atoms with Crippen LogP contribution in [0.2, 0.25) is 0 Å². The molecule has 0 unspecified atom stereocenters. The highest BCUT2D eigenvalue weighted by atomic mass is 15.1. The SMILES string of the molecule is C.C.C.C.C=C(C)N(C)c1ccc(C2(C)CC2)c(C)c1.C=C(C)NC.Cc1ccc(C2(C)CC2)c(C)c1. The molecule has 2 saturated carbocycles. The number of allylic oxidation sites excluding steroid dienone is 2. The van der Waals surface area contributed by atoms with Crippen molar-refractivity contribution in [1.29, 1.82) is 0 Å². The number of aryl methyl sites for hydroxylation is 3. The highest BCUT2D eigenvalue weighted by molar-refractivity contribution is 5.55. The molecule has 2 heteroatoms. The first kappa shape index (κ1) is 39.0. The molecule has 0 atom stereocenters. The third-order valence-electron chi connectivity index (χ3n) is 7.28. The first-order valence-electron chi connectivity index (χ1n) is 12.2. The Kier molecular flexibility index (Phi) is 16.6. The molecular formula is C35H62N2. The topological polar surface area (TPSA) is 15.3 Å². The number of nitrogens with zero attached hydrogens (tertiary/aromatic N) is 1. The van der Waals surface area contributed by atoms with Crippen LogP contribution in [0.4, 0.5) is 5.69 Å². The Hall–Kier alpha value is -2.48. The summed E-state index contributed by atoms with van der Waals surface area (Å²) in [6, 6.07) is 13.6. The van der Waals surface area contributed by atoms with Gasteiger partial charge in [0.2, 0.25) is 0 Å². The van der Waals surface area contributed by atoms with Gasteiger partial charge in [-0.3, -0.25) is 0 Å². The summed E-state index contributed by atoms with van der Waals surface area (Å²) in [7, 11) is 3.91. The molecule has 2 aromatic rings. The minimum Gasteiger partial charge on any atom is -0.392 e. The second-order valence-electron chi connectivity index (χ2n) is 10.8. The van der Waals surface area contributed by atoms with Crippen molar-refractivity contribution in [2.45, 2.75) is 115 Å². The van der Waals surface area contributed by atoms with Crippen LogP contribution in [0.1, 0.15) is 111 Å². The summed E-state index contributed by atoms with van der Waals surface area (Å²) in [4.78, 5) is 2.13. The van der Waals surface area contributed by atoms with Gasteiger partial charge >= 0.3 is 0 Å². The van der Waals surface area contributed by atoms with Crippen LogP contribution in [0.5, 0.6) is 0 Å². The van der Waals surface area contributed by atoms with E-state index < -0.39 is 0 Å². The molecule has 0 amide bonds. The second kappa shape index (κ2) is 15.7. The Morgan fingerprint density at radius 1 is 0.757 bits per heavy atom. The van der Waals surface area contributed by atoms with E-state index in [1.807, 2.05) is 20.9 Å². The molecule has 0 saturated heterocycles. The van der Waals surface area contributed by atoms with Gasteiger partial charge in [-0.05, 0) is 111 Å². The molecule has 1 N–H and O–H groups in total. The van der Waals surface area contributed by atoms with Crippen molar-refractivity contribution >= 4 is 5.69 Å². The molecule has 2 aliphatic rings. The molecule has 212 valence electrons. The van der Waals surface area contributed by atoms with Crippen LogP contribution in [0.25, 0.3) is 0 Å². The smallest absolute Gasteiger partial charge is 0.0408 e. The Morgan fingerprint density at radius 3 is 1.43 bits per heavy atom. The van der Waals surface area contributed by atoms with E-state index in [0.717, 1.165) is 11.4 Å². The van der Waals surface area contributed by atoms with Crippen LogP contribution in [-0.4, -0.2) is 14.1 Å². The summed E-state index contributed by atoms with van der Waals surface area (Å²) in [6.45, 7) is 22.8. The molecule has 0 aromatic heterocycles. The molecule has 2 nitrogen and oxygen atoms in total. The van der Waals surface area contributed by atoms with Gasteiger partial charge < -0.3 is 10.2 Å². The molecule has 0 radical (unpaired) electrons. The molecule has 0 aliphatic heterocycles. The van der Waals surface area contributed by atoms with Gasteiger partial charge in [0.15, 0.2) is 0 Å². The molecule has 0 spiro atoms. The number of hydrogen-bond donors (Lipinski definition) is 1. The van der Waals surface area contributed by atoms with Crippen LogP contribution in [0.15, 0.2) is 61.0 Å². The van der Waals surface area contributed by atoms with Crippen molar-refractivity contribution < 1.29 is 0 Å². The normalized spacial score (nSPS) is 14.5. The molecule has 2 aliphatic carbocycles. The predicted molar refractivity (Wildman–Crippen MR) is 174 cm³/mol. The van der Waals surface area contributed by atoms with Gasteiger partial charge in [-0.1, -0.05) is 86.5 Å². The number of rotatable bonds is 5. The van der Waals surface area contributed by atoms with Crippen molar-refractivity contribution in [3.8, 4) is 0 Å². The average molecular weight is 511 g/mol. The molecule has 0 bridgehead atoms. The Morgan fingerprint density at radius 2 is 1.14 bits per heavy atom. The van der Waals surface area contributed by atoms with Crippen LogP contribution >= 0.6 is 0 Å². The standard InChI is InChI=1S/C15H21N.C12H16.C4H9N.4CH4/c1-11(2)16(5)13-6-7-14(12(3)10-13)15(4)8-9-15;1-9-4-5-11(10(2)8-9)12(3)6-7-12;1-4(2)5-3;;;;/h6-7,10H,1,8-9H2,2-5H3;4-5,8H,6-7H2,1-3H3;5H,1H2,2-3H3;4*1H4. The van der Waals surface area contributed by atoms with E-state index in [1.165, 1.54) is 53.6 Å². The molecule has 2 aromatic carbocycles. The van der Waals surface area contributed by atoms with E-state index in [1.54, 1.807) is 5.56 Å². The van der Waals surface area contributed by atoms with E-state index in [4.69, 9.17) is 0 Å². The molecular weight excluding hydrogens is 448 g/mol. The summed E-state index contributed by atoms with van der Waals surface area (Å²) in [5.74, 6) is 0. The van der Waals surface area contributed by atoms with Crippen LogP contribution < -0.4 is 10.2 Å². The zero-order valence-electron chi connectivity index (χ0n) is 22.7. The monoisotopic (exact) mass is 510 g/mol. The zero-order chi connectivity index (χ0) is 25.0. The fraction of sp³-hybridized carbons (Fsp3) is 0.543. The second-order valence-corrected chi connectivity index (χ2v) is 10.8. The van der Waals surface area contributed by atoms with Crippen molar-refractivity contribution in [2.75, 3.05) is 19.0 Å². The van der Waals surface area contributed by atoms with Crippen LogP contribution in [-0.2, 0) is 10.8 Å². The van der Waals surface area contributed by atoms with Gasteiger partial charge in [0.05, 0.1) is 0 Å². The van der Waals surface area contributed by atoms with Gasteiger partial charge in [-0.25, -0.2) is 0 Å².